The number of nitrogens with zero attached hydrogens (tertiary/aromatic N) is 1. The molecule has 0 aliphatic carbocycles. The Labute approximate surface area is 141 Å². The number of hydrogen-bond donors (Lipinski definition) is 0. The SMILES string of the molecule is O=C(c1ccc([N+](=O)[O-])cc1)c1cc2cc3ccccc3cc2s1. The maximum atomic E-state index is 12.6. The molecule has 4 aromatic rings. The molecule has 116 valence electrons. The van der Waals surface area contributed by atoms with Crippen molar-refractivity contribution in [3.05, 3.63) is 87.3 Å². The van der Waals surface area contributed by atoms with Gasteiger partial charge in [0, 0.05) is 22.4 Å². The summed E-state index contributed by atoms with van der Waals surface area (Å²) in [4.78, 5) is 23.5. The van der Waals surface area contributed by atoms with Crippen molar-refractivity contribution < 1.29 is 9.72 Å². The average Bonchev–Trinajstić information content (AvgIpc) is 3.01. The largest absolute Gasteiger partial charge is 0.288 e. The van der Waals surface area contributed by atoms with Crippen LogP contribution in [0, 0.1) is 10.1 Å². The summed E-state index contributed by atoms with van der Waals surface area (Å²) in [7, 11) is 0. The second-order valence-corrected chi connectivity index (χ2v) is 6.56. The van der Waals surface area contributed by atoms with E-state index in [0.29, 0.717) is 10.4 Å². The highest BCUT2D eigenvalue weighted by molar-refractivity contribution is 7.21. The molecule has 1 heterocycles. The fraction of sp³-hybridized carbons (Fsp3) is 0. The van der Waals surface area contributed by atoms with Gasteiger partial charge >= 0.3 is 0 Å². The summed E-state index contributed by atoms with van der Waals surface area (Å²) in [6.45, 7) is 0. The number of fused-ring (bicyclic) bond motifs is 2. The van der Waals surface area contributed by atoms with Gasteiger partial charge in [0.15, 0.2) is 0 Å². The lowest BCUT2D eigenvalue weighted by Gasteiger charge is -1.97. The van der Waals surface area contributed by atoms with E-state index in [-0.39, 0.29) is 11.5 Å². The summed E-state index contributed by atoms with van der Waals surface area (Å²) in [5, 5.41) is 14.0. The molecule has 0 saturated carbocycles. The maximum Gasteiger partial charge on any atom is 0.269 e. The van der Waals surface area contributed by atoms with E-state index in [1.165, 1.54) is 35.6 Å². The molecule has 0 fully saturated rings. The van der Waals surface area contributed by atoms with Crippen molar-refractivity contribution in [3.63, 3.8) is 0 Å². The molecule has 4 rings (SSSR count). The standard InChI is InChI=1S/C19H11NO3S/c21-19(12-5-7-16(8-6-12)20(22)23)18-11-15-9-13-3-1-2-4-14(13)10-17(15)24-18/h1-11H. The first kappa shape index (κ1) is 14.5. The highest BCUT2D eigenvalue weighted by Gasteiger charge is 2.14. The van der Waals surface area contributed by atoms with Crippen LogP contribution in [-0.4, -0.2) is 10.7 Å². The van der Waals surface area contributed by atoms with Gasteiger partial charge in [-0.05, 0) is 46.5 Å². The fourth-order valence-electron chi connectivity index (χ4n) is 2.72. The Balaban J connectivity index is 1.76. The highest BCUT2D eigenvalue weighted by atomic mass is 32.1. The summed E-state index contributed by atoms with van der Waals surface area (Å²) < 4.78 is 1.05. The minimum atomic E-state index is -0.473. The van der Waals surface area contributed by atoms with Gasteiger partial charge in [0.25, 0.3) is 5.69 Å². The number of ketones is 1. The first-order valence-corrected chi connectivity index (χ1v) is 8.15. The van der Waals surface area contributed by atoms with Crippen LogP contribution in [0.25, 0.3) is 20.9 Å². The van der Waals surface area contributed by atoms with Gasteiger partial charge in [0.1, 0.15) is 0 Å². The van der Waals surface area contributed by atoms with Gasteiger partial charge in [-0.2, -0.15) is 0 Å². The minimum absolute atomic E-state index is 0.0193. The molecule has 1 aromatic heterocycles. The molecule has 0 N–H and O–H groups in total. The van der Waals surface area contributed by atoms with Crippen molar-refractivity contribution in [2.75, 3.05) is 0 Å². The third kappa shape index (κ3) is 2.45. The molecule has 0 bridgehead atoms. The van der Waals surface area contributed by atoms with Crippen LogP contribution in [0.4, 0.5) is 5.69 Å². The van der Waals surface area contributed by atoms with Crippen molar-refractivity contribution in [2.24, 2.45) is 0 Å². The van der Waals surface area contributed by atoms with Gasteiger partial charge in [-0.3, -0.25) is 14.9 Å². The van der Waals surface area contributed by atoms with Crippen molar-refractivity contribution in [1.82, 2.24) is 0 Å². The minimum Gasteiger partial charge on any atom is -0.288 e. The Kier molecular flexibility index (Phi) is 3.36. The summed E-state index contributed by atoms with van der Waals surface area (Å²) in [6, 6.07) is 19.8. The summed E-state index contributed by atoms with van der Waals surface area (Å²) in [6.07, 6.45) is 0. The Morgan fingerprint density at radius 2 is 1.54 bits per heavy atom. The lowest BCUT2D eigenvalue weighted by molar-refractivity contribution is -0.384. The summed E-state index contributed by atoms with van der Waals surface area (Å²) in [5.74, 6) is -0.116. The summed E-state index contributed by atoms with van der Waals surface area (Å²) >= 11 is 1.44. The number of thiophene rings is 1. The van der Waals surface area contributed by atoms with E-state index >= 15 is 0 Å². The zero-order chi connectivity index (χ0) is 16.7. The lowest BCUT2D eigenvalue weighted by Crippen LogP contribution is -1.98. The quantitative estimate of drug-likeness (QED) is 0.294. The van der Waals surface area contributed by atoms with Crippen LogP contribution in [0.5, 0.6) is 0 Å². The van der Waals surface area contributed by atoms with E-state index in [0.717, 1.165) is 20.9 Å². The van der Waals surface area contributed by atoms with E-state index < -0.39 is 4.92 Å². The van der Waals surface area contributed by atoms with E-state index in [1.807, 2.05) is 30.3 Å². The Morgan fingerprint density at radius 3 is 2.21 bits per heavy atom. The fourth-order valence-corrected chi connectivity index (χ4v) is 3.77. The van der Waals surface area contributed by atoms with Crippen LogP contribution in [0.1, 0.15) is 15.2 Å². The third-order valence-electron chi connectivity index (χ3n) is 3.95. The third-order valence-corrected chi connectivity index (χ3v) is 5.05. The number of carbonyl (C=O) groups is 1. The zero-order valence-corrected chi connectivity index (χ0v) is 13.2. The van der Waals surface area contributed by atoms with Gasteiger partial charge in [0.2, 0.25) is 5.78 Å². The van der Waals surface area contributed by atoms with E-state index in [9.17, 15) is 14.9 Å². The van der Waals surface area contributed by atoms with Gasteiger partial charge in [-0.1, -0.05) is 24.3 Å². The maximum absolute atomic E-state index is 12.6. The highest BCUT2D eigenvalue weighted by Crippen LogP contribution is 2.31. The Bertz CT molecular complexity index is 1040. The molecule has 0 aliphatic rings. The topological polar surface area (TPSA) is 60.2 Å². The van der Waals surface area contributed by atoms with E-state index in [1.54, 1.807) is 0 Å². The van der Waals surface area contributed by atoms with Gasteiger partial charge in [-0.25, -0.2) is 0 Å². The molecule has 0 radical (unpaired) electrons. The average molecular weight is 333 g/mol. The smallest absolute Gasteiger partial charge is 0.269 e. The molecule has 0 atom stereocenters. The monoisotopic (exact) mass is 333 g/mol. The molecule has 0 unspecified atom stereocenters. The summed E-state index contributed by atoms with van der Waals surface area (Å²) in [5.41, 5.74) is 0.436. The van der Waals surface area contributed by atoms with Crippen molar-refractivity contribution in [1.29, 1.82) is 0 Å². The number of benzene rings is 3. The number of non-ortho nitro benzene ring substituents is 1. The second kappa shape index (κ2) is 5.54. The second-order valence-electron chi connectivity index (χ2n) is 5.48. The normalized spacial score (nSPS) is 11.0. The first-order chi connectivity index (χ1) is 11.6. The Hall–Kier alpha value is -3.05. The Morgan fingerprint density at radius 1 is 0.875 bits per heavy atom. The molecule has 5 heteroatoms. The molecule has 3 aromatic carbocycles. The number of rotatable bonds is 3. The van der Waals surface area contributed by atoms with Gasteiger partial charge < -0.3 is 0 Å². The number of nitro benzene ring substituents is 1. The van der Waals surface area contributed by atoms with Crippen LogP contribution in [0.3, 0.4) is 0 Å². The van der Waals surface area contributed by atoms with Crippen LogP contribution >= 0.6 is 11.3 Å². The molecule has 0 amide bonds. The van der Waals surface area contributed by atoms with Crippen LogP contribution in [0.15, 0.2) is 66.7 Å². The number of hydrogen-bond acceptors (Lipinski definition) is 4. The van der Waals surface area contributed by atoms with Crippen LogP contribution in [0.2, 0.25) is 0 Å². The van der Waals surface area contributed by atoms with E-state index in [2.05, 4.69) is 12.1 Å². The van der Waals surface area contributed by atoms with Crippen molar-refractivity contribution >= 4 is 43.7 Å². The number of carbonyl (C=O) groups excluding carboxylic acids is 1. The molecule has 0 saturated heterocycles. The van der Waals surface area contributed by atoms with E-state index in [4.69, 9.17) is 0 Å². The zero-order valence-electron chi connectivity index (χ0n) is 12.4. The molecular formula is C19H11NO3S. The van der Waals surface area contributed by atoms with Crippen LogP contribution in [-0.2, 0) is 0 Å². The first-order valence-electron chi connectivity index (χ1n) is 7.33. The lowest BCUT2D eigenvalue weighted by atomic mass is 10.1. The van der Waals surface area contributed by atoms with Crippen molar-refractivity contribution in [3.8, 4) is 0 Å². The van der Waals surface area contributed by atoms with Crippen molar-refractivity contribution in [2.45, 2.75) is 0 Å². The predicted molar refractivity (Wildman–Crippen MR) is 95.9 cm³/mol. The molecule has 24 heavy (non-hydrogen) atoms. The molecule has 0 spiro atoms. The van der Waals surface area contributed by atoms with Crippen LogP contribution < -0.4 is 0 Å². The number of nitro groups is 1. The predicted octanol–water partition coefficient (Wildman–Crippen LogP) is 5.19. The van der Waals surface area contributed by atoms with Gasteiger partial charge in [-0.15, -0.1) is 11.3 Å². The molecule has 4 nitrogen and oxygen atoms in total. The van der Waals surface area contributed by atoms with Gasteiger partial charge in [0.05, 0.1) is 9.80 Å². The molecular weight excluding hydrogens is 322 g/mol. The molecule has 0 aliphatic heterocycles.